The molecule has 1 aromatic carbocycles. The molecule has 2 heterocycles. The second-order valence-corrected chi connectivity index (χ2v) is 4.90. The van der Waals surface area contributed by atoms with Crippen LogP contribution in [-0.2, 0) is 6.54 Å². The molecule has 102 valence electrons. The van der Waals surface area contributed by atoms with Crippen molar-refractivity contribution in [2.24, 2.45) is 0 Å². The third kappa shape index (κ3) is 2.40. The Morgan fingerprint density at radius 1 is 1.35 bits per heavy atom. The Labute approximate surface area is 114 Å². The molecular formula is C14H12F2N4. The summed E-state index contributed by atoms with van der Waals surface area (Å²) < 4.78 is 28.3. The van der Waals surface area contributed by atoms with Gasteiger partial charge >= 0.3 is 0 Å². The van der Waals surface area contributed by atoms with E-state index in [-0.39, 0.29) is 11.9 Å². The van der Waals surface area contributed by atoms with Crippen molar-refractivity contribution in [1.82, 2.24) is 14.7 Å². The molecule has 1 aliphatic rings. The van der Waals surface area contributed by atoms with E-state index in [1.807, 2.05) is 11.0 Å². The fraction of sp³-hybridized carbons (Fsp3) is 0.286. The zero-order valence-corrected chi connectivity index (χ0v) is 10.6. The molecule has 0 spiro atoms. The molecule has 1 saturated heterocycles. The Hall–Kier alpha value is -2.26. The summed E-state index contributed by atoms with van der Waals surface area (Å²) in [5, 5.41) is 12.9. The molecular weight excluding hydrogens is 262 g/mol. The third-order valence-electron chi connectivity index (χ3n) is 3.44. The van der Waals surface area contributed by atoms with Crippen LogP contribution in [0.5, 0.6) is 0 Å². The van der Waals surface area contributed by atoms with E-state index in [2.05, 4.69) is 5.10 Å². The van der Waals surface area contributed by atoms with Gasteiger partial charge in [0.1, 0.15) is 17.7 Å². The van der Waals surface area contributed by atoms with Crippen molar-refractivity contribution in [3.8, 4) is 6.07 Å². The van der Waals surface area contributed by atoms with Gasteiger partial charge in [-0.05, 0) is 18.2 Å². The summed E-state index contributed by atoms with van der Waals surface area (Å²) >= 11 is 0. The number of benzene rings is 1. The highest BCUT2D eigenvalue weighted by atomic mass is 19.1. The Morgan fingerprint density at radius 2 is 2.15 bits per heavy atom. The molecule has 1 aromatic heterocycles. The van der Waals surface area contributed by atoms with Gasteiger partial charge in [0.05, 0.1) is 17.8 Å². The van der Waals surface area contributed by atoms with Gasteiger partial charge in [-0.1, -0.05) is 0 Å². The Morgan fingerprint density at radius 3 is 2.85 bits per heavy atom. The Bertz CT molecular complexity index is 668. The SMILES string of the molecule is N#Cc1cnn(C2CN(Cc3cc(F)ccc3F)C2)c1. The fourth-order valence-electron chi connectivity index (χ4n) is 2.34. The zero-order chi connectivity index (χ0) is 14.1. The van der Waals surface area contributed by atoms with Crippen LogP contribution in [0.1, 0.15) is 17.2 Å². The van der Waals surface area contributed by atoms with Gasteiger partial charge in [-0.15, -0.1) is 0 Å². The van der Waals surface area contributed by atoms with E-state index < -0.39 is 5.82 Å². The van der Waals surface area contributed by atoms with E-state index in [4.69, 9.17) is 5.26 Å². The van der Waals surface area contributed by atoms with Crippen molar-refractivity contribution in [2.75, 3.05) is 13.1 Å². The highest BCUT2D eigenvalue weighted by molar-refractivity contribution is 5.22. The topological polar surface area (TPSA) is 44.9 Å². The van der Waals surface area contributed by atoms with Crippen LogP contribution in [0.3, 0.4) is 0 Å². The average Bonchev–Trinajstić information content (AvgIpc) is 2.85. The summed E-state index contributed by atoms with van der Waals surface area (Å²) in [6.07, 6.45) is 3.22. The first kappa shape index (κ1) is 12.8. The first-order chi connectivity index (χ1) is 9.65. The minimum Gasteiger partial charge on any atom is -0.295 e. The predicted molar refractivity (Wildman–Crippen MR) is 67.6 cm³/mol. The normalized spacial score (nSPS) is 15.8. The van der Waals surface area contributed by atoms with E-state index in [9.17, 15) is 8.78 Å². The first-order valence-electron chi connectivity index (χ1n) is 6.26. The van der Waals surface area contributed by atoms with Crippen LogP contribution in [0, 0.1) is 23.0 Å². The molecule has 0 N–H and O–H groups in total. The average molecular weight is 274 g/mol. The number of aromatic nitrogens is 2. The Kier molecular flexibility index (Phi) is 3.20. The number of nitrogens with zero attached hydrogens (tertiary/aromatic N) is 4. The highest BCUT2D eigenvalue weighted by Gasteiger charge is 2.29. The molecule has 6 heteroatoms. The van der Waals surface area contributed by atoms with Crippen molar-refractivity contribution in [3.63, 3.8) is 0 Å². The maximum atomic E-state index is 13.5. The molecule has 3 rings (SSSR count). The number of hydrogen-bond acceptors (Lipinski definition) is 3. The van der Waals surface area contributed by atoms with Gasteiger partial charge in [-0.25, -0.2) is 8.78 Å². The summed E-state index contributed by atoms with van der Waals surface area (Å²) in [7, 11) is 0. The lowest BCUT2D eigenvalue weighted by Gasteiger charge is -2.39. The molecule has 0 bridgehead atoms. The number of hydrogen-bond donors (Lipinski definition) is 0. The van der Waals surface area contributed by atoms with Gasteiger partial charge < -0.3 is 0 Å². The molecule has 4 nitrogen and oxygen atoms in total. The van der Waals surface area contributed by atoms with Gasteiger partial charge in [0.25, 0.3) is 0 Å². The number of likely N-dealkylation sites (tertiary alicyclic amines) is 1. The van der Waals surface area contributed by atoms with Gasteiger partial charge in [-0.3, -0.25) is 9.58 Å². The summed E-state index contributed by atoms with van der Waals surface area (Å²) in [5.74, 6) is -0.815. The summed E-state index contributed by atoms with van der Waals surface area (Å²) in [6, 6.07) is 5.71. The second kappa shape index (κ2) is 5.02. The smallest absolute Gasteiger partial charge is 0.127 e. The number of nitriles is 1. The van der Waals surface area contributed by atoms with Crippen LogP contribution in [0.15, 0.2) is 30.6 Å². The van der Waals surface area contributed by atoms with Crippen molar-refractivity contribution < 1.29 is 8.78 Å². The van der Waals surface area contributed by atoms with Gasteiger partial charge in [-0.2, -0.15) is 10.4 Å². The first-order valence-corrected chi connectivity index (χ1v) is 6.26. The fourth-order valence-corrected chi connectivity index (χ4v) is 2.34. The van der Waals surface area contributed by atoms with Crippen LogP contribution in [0.4, 0.5) is 8.78 Å². The molecule has 0 amide bonds. The molecule has 2 aromatic rings. The predicted octanol–water partition coefficient (Wildman–Crippen LogP) is 2.09. The number of rotatable bonds is 3. The van der Waals surface area contributed by atoms with E-state index in [0.29, 0.717) is 30.8 Å². The van der Waals surface area contributed by atoms with Gasteiger partial charge in [0.2, 0.25) is 0 Å². The quantitative estimate of drug-likeness (QED) is 0.861. The maximum absolute atomic E-state index is 13.5. The van der Waals surface area contributed by atoms with Crippen LogP contribution < -0.4 is 0 Å². The molecule has 0 atom stereocenters. The van der Waals surface area contributed by atoms with E-state index >= 15 is 0 Å². The van der Waals surface area contributed by atoms with Crippen LogP contribution >= 0.6 is 0 Å². The second-order valence-electron chi connectivity index (χ2n) is 4.90. The molecule has 1 aliphatic heterocycles. The van der Waals surface area contributed by atoms with Crippen LogP contribution in [-0.4, -0.2) is 27.8 Å². The van der Waals surface area contributed by atoms with E-state index in [1.54, 1.807) is 10.9 Å². The zero-order valence-electron chi connectivity index (χ0n) is 10.6. The van der Waals surface area contributed by atoms with Gasteiger partial charge in [0.15, 0.2) is 0 Å². The summed E-state index contributed by atoms with van der Waals surface area (Å²) in [5.41, 5.74) is 0.890. The monoisotopic (exact) mass is 274 g/mol. The molecule has 0 unspecified atom stereocenters. The lowest BCUT2D eigenvalue weighted by molar-refractivity contribution is 0.0896. The van der Waals surface area contributed by atoms with Crippen molar-refractivity contribution in [1.29, 1.82) is 5.26 Å². The molecule has 0 radical (unpaired) electrons. The lowest BCUT2D eigenvalue weighted by atomic mass is 10.1. The maximum Gasteiger partial charge on any atom is 0.127 e. The van der Waals surface area contributed by atoms with Crippen LogP contribution in [0.2, 0.25) is 0 Å². The van der Waals surface area contributed by atoms with Gasteiger partial charge in [0, 0.05) is 31.4 Å². The van der Waals surface area contributed by atoms with E-state index in [0.717, 1.165) is 12.1 Å². The third-order valence-corrected chi connectivity index (χ3v) is 3.44. The minimum absolute atomic E-state index is 0.189. The minimum atomic E-state index is -0.427. The van der Waals surface area contributed by atoms with Crippen molar-refractivity contribution in [2.45, 2.75) is 12.6 Å². The lowest BCUT2D eigenvalue weighted by Crippen LogP contribution is -2.47. The standard InChI is InChI=1S/C14H12F2N4/c15-12-1-2-14(16)11(3-12)7-19-8-13(9-19)20-6-10(4-17)5-18-20/h1-3,5-6,13H,7-9H2. The molecule has 1 fully saturated rings. The molecule has 0 aliphatic carbocycles. The Balaban J connectivity index is 1.61. The van der Waals surface area contributed by atoms with Crippen LogP contribution in [0.25, 0.3) is 0 Å². The summed E-state index contributed by atoms with van der Waals surface area (Å²) in [6.45, 7) is 1.80. The summed E-state index contributed by atoms with van der Waals surface area (Å²) in [4.78, 5) is 2.01. The molecule has 20 heavy (non-hydrogen) atoms. The van der Waals surface area contributed by atoms with E-state index in [1.165, 1.54) is 12.3 Å². The molecule has 0 saturated carbocycles. The van der Waals surface area contributed by atoms with Crippen molar-refractivity contribution in [3.05, 3.63) is 53.4 Å². The number of halogens is 2. The highest BCUT2D eigenvalue weighted by Crippen LogP contribution is 2.24. The van der Waals surface area contributed by atoms with Crippen molar-refractivity contribution >= 4 is 0 Å². The largest absolute Gasteiger partial charge is 0.295 e.